The predicted molar refractivity (Wildman–Crippen MR) is 233 cm³/mol. The van der Waals surface area contributed by atoms with Crippen LogP contribution in [0.2, 0.25) is 0 Å². The Morgan fingerprint density at radius 2 is 0.925 bits per heavy atom. The molecule has 11 aromatic rings. The van der Waals surface area contributed by atoms with Gasteiger partial charge in [0.05, 0.1) is 5.69 Å². The van der Waals surface area contributed by atoms with Crippen LogP contribution in [0.1, 0.15) is 0 Å². The molecule has 9 aromatic carbocycles. The standard InChI is InChI=1S/C50H31NS2/c1-2-11-32(12-3-1)40-29-30-45(48-43-16-7-9-20-47(43)53-50(40)48)51(37-28-25-35-22-21-33-13-4-5-14-38(33)44(35)31-37)36-26-23-34(24-27-36)39-17-10-18-42-41-15-6-8-19-46(41)52-49(39)42/h1-31H. The highest BCUT2D eigenvalue weighted by molar-refractivity contribution is 7.26. The Kier molecular flexibility index (Phi) is 6.97. The summed E-state index contributed by atoms with van der Waals surface area (Å²) in [5.74, 6) is 0. The van der Waals surface area contributed by atoms with Gasteiger partial charge in [0.2, 0.25) is 0 Å². The van der Waals surface area contributed by atoms with Crippen LogP contribution in [0.3, 0.4) is 0 Å². The lowest BCUT2D eigenvalue weighted by Gasteiger charge is -2.27. The van der Waals surface area contributed by atoms with Gasteiger partial charge in [0.1, 0.15) is 0 Å². The van der Waals surface area contributed by atoms with E-state index in [2.05, 4.69) is 193 Å². The molecule has 0 aliphatic carbocycles. The molecule has 0 bridgehead atoms. The van der Waals surface area contributed by atoms with E-state index >= 15 is 0 Å². The lowest BCUT2D eigenvalue weighted by atomic mass is 9.98. The zero-order chi connectivity index (χ0) is 34.9. The van der Waals surface area contributed by atoms with E-state index in [0.29, 0.717) is 0 Å². The zero-order valence-corrected chi connectivity index (χ0v) is 30.3. The summed E-state index contributed by atoms with van der Waals surface area (Å²) in [5.41, 5.74) is 8.44. The van der Waals surface area contributed by atoms with Crippen LogP contribution in [0.5, 0.6) is 0 Å². The first-order valence-corrected chi connectivity index (χ1v) is 19.6. The van der Waals surface area contributed by atoms with Crippen LogP contribution in [-0.4, -0.2) is 0 Å². The maximum Gasteiger partial charge on any atom is 0.0555 e. The second kappa shape index (κ2) is 12.2. The van der Waals surface area contributed by atoms with Crippen molar-refractivity contribution in [3.63, 3.8) is 0 Å². The van der Waals surface area contributed by atoms with Gasteiger partial charge in [0.15, 0.2) is 0 Å². The first-order valence-electron chi connectivity index (χ1n) is 18.0. The van der Waals surface area contributed by atoms with Gasteiger partial charge < -0.3 is 4.90 Å². The summed E-state index contributed by atoms with van der Waals surface area (Å²) in [6.45, 7) is 0. The molecule has 0 aliphatic heterocycles. The van der Waals surface area contributed by atoms with Gasteiger partial charge in [-0.1, -0.05) is 146 Å². The minimum absolute atomic E-state index is 1.13. The van der Waals surface area contributed by atoms with Crippen LogP contribution >= 0.6 is 22.7 Å². The number of nitrogens with zero attached hydrogens (tertiary/aromatic N) is 1. The smallest absolute Gasteiger partial charge is 0.0555 e. The average Bonchev–Trinajstić information content (AvgIpc) is 3.81. The fourth-order valence-electron chi connectivity index (χ4n) is 8.16. The van der Waals surface area contributed by atoms with E-state index < -0.39 is 0 Å². The monoisotopic (exact) mass is 709 g/mol. The van der Waals surface area contributed by atoms with E-state index in [1.807, 2.05) is 22.7 Å². The van der Waals surface area contributed by atoms with Crippen molar-refractivity contribution in [2.45, 2.75) is 0 Å². The van der Waals surface area contributed by atoms with Gasteiger partial charge >= 0.3 is 0 Å². The molecular formula is C50H31NS2. The zero-order valence-electron chi connectivity index (χ0n) is 28.7. The molecule has 0 spiro atoms. The van der Waals surface area contributed by atoms with Crippen LogP contribution < -0.4 is 4.90 Å². The van der Waals surface area contributed by atoms with Crippen molar-refractivity contribution < 1.29 is 0 Å². The van der Waals surface area contributed by atoms with Gasteiger partial charge in [-0.05, 0) is 86.3 Å². The highest BCUT2D eigenvalue weighted by atomic mass is 32.1. The maximum atomic E-state index is 2.47. The lowest BCUT2D eigenvalue weighted by molar-refractivity contribution is 1.31. The molecule has 0 fully saturated rings. The molecule has 0 N–H and O–H groups in total. The normalized spacial score (nSPS) is 11.8. The maximum absolute atomic E-state index is 2.47. The Morgan fingerprint density at radius 3 is 1.75 bits per heavy atom. The third-order valence-corrected chi connectivity index (χ3v) is 13.1. The molecule has 1 nitrogen and oxygen atoms in total. The van der Waals surface area contributed by atoms with Crippen molar-refractivity contribution in [2.24, 2.45) is 0 Å². The van der Waals surface area contributed by atoms with E-state index in [4.69, 9.17) is 0 Å². The molecule has 0 unspecified atom stereocenters. The summed E-state index contributed by atoms with van der Waals surface area (Å²) >= 11 is 3.77. The molecule has 0 atom stereocenters. The fourth-order valence-corrected chi connectivity index (χ4v) is 10.7. The Labute approximate surface area is 315 Å². The molecule has 0 saturated carbocycles. The number of fused-ring (bicyclic) bond motifs is 9. The van der Waals surface area contributed by atoms with Crippen molar-refractivity contribution >= 4 is 102 Å². The number of hydrogen-bond acceptors (Lipinski definition) is 3. The van der Waals surface area contributed by atoms with E-state index in [9.17, 15) is 0 Å². The van der Waals surface area contributed by atoms with Gasteiger partial charge in [-0.3, -0.25) is 0 Å². The minimum atomic E-state index is 1.13. The predicted octanol–water partition coefficient (Wildman–Crippen LogP) is 15.5. The van der Waals surface area contributed by atoms with Gasteiger partial charge in [-0.25, -0.2) is 0 Å². The first-order chi connectivity index (χ1) is 26.3. The summed E-state index contributed by atoms with van der Waals surface area (Å²) in [4.78, 5) is 2.47. The molecule has 0 amide bonds. The Balaban J connectivity index is 1.16. The summed E-state index contributed by atoms with van der Waals surface area (Å²) < 4.78 is 5.26. The van der Waals surface area contributed by atoms with Gasteiger partial charge in [-0.15, -0.1) is 22.7 Å². The number of anilines is 3. The van der Waals surface area contributed by atoms with E-state index in [0.717, 1.165) is 11.4 Å². The molecule has 0 radical (unpaired) electrons. The summed E-state index contributed by atoms with van der Waals surface area (Å²) in [6.07, 6.45) is 0. The minimum Gasteiger partial charge on any atom is -0.310 e. The van der Waals surface area contributed by atoms with Crippen molar-refractivity contribution in [3.8, 4) is 22.3 Å². The van der Waals surface area contributed by atoms with E-state index in [1.165, 1.54) is 89.8 Å². The number of thiophene rings is 2. The topological polar surface area (TPSA) is 3.24 Å². The molecule has 11 rings (SSSR count). The fraction of sp³-hybridized carbons (Fsp3) is 0. The summed E-state index contributed by atoms with van der Waals surface area (Å²) in [7, 11) is 0. The van der Waals surface area contributed by atoms with Crippen molar-refractivity contribution in [1.29, 1.82) is 0 Å². The highest BCUT2D eigenvalue weighted by Gasteiger charge is 2.22. The van der Waals surface area contributed by atoms with Crippen molar-refractivity contribution in [2.75, 3.05) is 4.90 Å². The molecule has 2 aromatic heterocycles. The van der Waals surface area contributed by atoms with Crippen molar-refractivity contribution in [3.05, 3.63) is 188 Å². The SMILES string of the molecule is c1ccc(-c2ccc(N(c3ccc(-c4cccc5c4sc4ccccc45)cc3)c3ccc4ccc5ccccc5c4c3)c3c2sc2ccccc23)cc1. The van der Waals surface area contributed by atoms with E-state index in [-0.39, 0.29) is 0 Å². The lowest BCUT2D eigenvalue weighted by Crippen LogP contribution is -2.10. The van der Waals surface area contributed by atoms with Gasteiger partial charge in [0.25, 0.3) is 0 Å². The molecule has 2 heterocycles. The quantitative estimate of drug-likeness (QED) is 0.161. The van der Waals surface area contributed by atoms with E-state index in [1.54, 1.807) is 0 Å². The Hall–Kier alpha value is -6.26. The Morgan fingerprint density at radius 1 is 0.340 bits per heavy atom. The van der Waals surface area contributed by atoms with Crippen LogP contribution in [0.4, 0.5) is 17.1 Å². The number of rotatable bonds is 5. The van der Waals surface area contributed by atoms with Crippen LogP contribution in [0, 0.1) is 0 Å². The van der Waals surface area contributed by atoms with Crippen LogP contribution in [-0.2, 0) is 0 Å². The van der Waals surface area contributed by atoms with Gasteiger partial charge in [0, 0.05) is 51.7 Å². The average molecular weight is 710 g/mol. The molecule has 53 heavy (non-hydrogen) atoms. The van der Waals surface area contributed by atoms with Crippen LogP contribution in [0.15, 0.2) is 188 Å². The van der Waals surface area contributed by atoms with Crippen molar-refractivity contribution in [1.82, 2.24) is 0 Å². The molecule has 248 valence electrons. The second-order valence-electron chi connectivity index (χ2n) is 13.7. The number of hydrogen-bond donors (Lipinski definition) is 0. The molecule has 3 heteroatoms. The first kappa shape index (κ1) is 30.4. The van der Waals surface area contributed by atoms with Gasteiger partial charge in [-0.2, -0.15) is 0 Å². The summed E-state index contributed by atoms with van der Waals surface area (Å²) in [5, 5.41) is 10.2. The largest absolute Gasteiger partial charge is 0.310 e. The Bertz CT molecular complexity index is 3170. The third kappa shape index (κ3) is 4.89. The highest BCUT2D eigenvalue weighted by Crippen LogP contribution is 2.49. The second-order valence-corrected chi connectivity index (χ2v) is 15.8. The molecular weight excluding hydrogens is 679 g/mol. The summed E-state index contributed by atoms with van der Waals surface area (Å²) in [6, 6.07) is 69.2. The third-order valence-electron chi connectivity index (χ3n) is 10.7. The molecule has 0 aliphatic rings. The number of benzene rings is 9. The molecule has 0 saturated heterocycles. The van der Waals surface area contributed by atoms with Crippen LogP contribution in [0.25, 0.3) is 84.1 Å².